The van der Waals surface area contributed by atoms with E-state index in [0.717, 1.165) is 11.1 Å². The monoisotopic (exact) mass is 588 g/mol. The number of benzene rings is 3. The van der Waals surface area contributed by atoms with Gasteiger partial charge in [-0.1, -0.05) is 81.6 Å². The van der Waals surface area contributed by atoms with Gasteiger partial charge in [0.05, 0.1) is 19.8 Å². The predicted molar refractivity (Wildman–Crippen MR) is 140 cm³/mol. The van der Waals surface area contributed by atoms with Gasteiger partial charge in [0.2, 0.25) is 3.23 Å². The second-order valence-corrected chi connectivity index (χ2v) is 11.6. The Morgan fingerprint density at radius 2 is 1.59 bits per heavy atom. The summed E-state index contributed by atoms with van der Waals surface area (Å²) in [5.74, 6) is 1.10. The predicted octanol–water partition coefficient (Wildman–Crippen LogP) is 7.27. The molecule has 178 valence electrons. The Morgan fingerprint density at radius 3 is 2.15 bits per heavy atom. The fourth-order valence-electron chi connectivity index (χ4n) is 3.51. The summed E-state index contributed by atoms with van der Waals surface area (Å²) in [5.41, 5.74) is 3.54. The summed E-state index contributed by atoms with van der Waals surface area (Å²) >= 11 is 6.71. The van der Waals surface area contributed by atoms with Crippen LogP contribution in [0.1, 0.15) is 52.4 Å². The number of rotatable bonds is 8. The molecule has 0 aliphatic carbocycles. The zero-order valence-corrected chi connectivity index (χ0v) is 22.8. The Morgan fingerprint density at radius 1 is 0.912 bits per heavy atom. The molecule has 7 heteroatoms. The van der Waals surface area contributed by atoms with E-state index in [1.54, 1.807) is 43.5 Å². The zero-order chi connectivity index (χ0) is 25.0. The standard InChI is InChI=1S/C27H26Br2O5/c1-16(2)21-14-24(34-20-11-9-19(10-12-20)27(28,29)26(31)33-5)22(15-23(21)32-4)25(30)18-8-6-7-17(3)13-18/h6-16H,1-5H3. The van der Waals surface area contributed by atoms with Crippen molar-refractivity contribution >= 4 is 43.6 Å². The number of ketones is 1. The van der Waals surface area contributed by atoms with E-state index < -0.39 is 9.20 Å². The molecular weight excluding hydrogens is 564 g/mol. The van der Waals surface area contributed by atoms with E-state index in [9.17, 15) is 9.59 Å². The van der Waals surface area contributed by atoms with Crippen LogP contribution in [-0.2, 0) is 12.8 Å². The second-order valence-electron chi connectivity index (χ2n) is 8.14. The van der Waals surface area contributed by atoms with Crippen LogP contribution in [0.5, 0.6) is 17.2 Å². The van der Waals surface area contributed by atoms with Crippen molar-refractivity contribution in [2.75, 3.05) is 14.2 Å². The number of carbonyl (C=O) groups excluding carboxylic acids is 2. The Kier molecular flexibility index (Phi) is 8.21. The first kappa shape index (κ1) is 26.0. The van der Waals surface area contributed by atoms with Crippen molar-refractivity contribution < 1.29 is 23.8 Å². The summed E-state index contributed by atoms with van der Waals surface area (Å²) in [6.07, 6.45) is 0. The van der Waals surface area contributed by atoms with Crippen molar-refractivity contribution in [2.45, 2.75) is 29.9 Å². The number of ether oxygens (including phenoxy) is 3. The SMILES string of the molecule is COC(=O)C(Br)(Br)c1ccc(Oc2cc(C(C)C)c(OC)cc2C(=O)c2cccc(C)c2)cc1. The van der Waals surface area contributed by atoms with Crippen molar-refractivity contribution in [2.24, 2.45) is 0 Å². The number of hydrogen-bond acceptors (Lipinski definition) is 5. The Balaban J connectivity index is 2.05. The maximum Gasteiger partial charge on any atom is 0.338 e. The second kappa shape index (κ2) is 10.7. The first-order chi connectivity index (χ1) is 16.1. The molecule has 3 aromatic rings. The molecule has 0 fully saturated rings. The first-order valence-electron chi connectivity index (χ1n) is 10.7. The molecule has 0 heterocycles. The van der Waals surface area contributed by atoms with E-state index in [4.69, 9.17) is 14.2 Å². The van der Waals surface area contributed by atoms with Crippen molar-refractivity contribution in [1.29, 1.82) is 0 Å². The molecule has 3 rings (SSSR count). The molecule has 3 aromatic carbocycles. The van der Waals surface area contributed by atoms with E-state index >= 15 is 0 Å². The third-order valence-electron chi connectivity index (χ3n) is 5.37. The van der Waals surface area contributed by atoms with Crippen LogP contribution in [0, 0.1) is 6.92 Å². The van der Waals surface area contributed by atoms with E-state index in [1.165, 1.54) is 7.11 Å². The van der Waals surface area contributed by atoms with Gasteiger partial charge >= 0.3 is 5.97 Å². The summed E-state index contributed by atoms with van der Waals surface area (Å²) in [4.78, 5) is 25.5. The number of aryl methyl sites for hydroxylation is 1. The number of methoxy groups -OCH3 is 2. The van der Waals surface area contributed by atoms with Crippen molar-refractivity contribution in [3.05, 3.63) is 88.5 Å². The number of esters is 1. The molecule has 34 heavy (non-hydrogen) atoms. The minimum absolute atomic E-state index is 0.158. The highest BCUT2D eigenvalue weighted by Gasteiger charge is 2.35. The van der Waals surface area contributed by atoms with Crippen molar-refractivity contribution in [3.8, 4) is 17.2 Å². The number of carbonyl (C=O) groups is 2. The Labute approximate surface area is 216 Å². The van der Waals surface area contributed by atoms with E-state index in [1.807, 2.05) is 31.2 Å². The Bertz CT molecular complexity index is 1200. The van der Waals surface area contributed by atoms with Gasteiger partial charge in [-0.25, -0.2) is 4.79 Å². The topological polar surface area (TPSA) is 61.8 Å². The molecule has 0 radical (unpaired) electrons. The summed E-state index contributed by atoms with van der Waals surface area (Å²) in [5, 5.41) is 0. The lowest BCUT2D eigenvalue weighted by molar-refractivity contribution is -0.140. The minimum atomic E-state index is -1.16. The van der Waals surface area contributed by atoms with Gasteiger partial charge in [0.15, 0.2) is 5.78 Å². The van der Waals surface area contributed by atoms with E-state index in [-0.39, 0.29) is 11.7 Å². The maximum absolute atomic E-state index is 13.5. The van der Waals surface area contributed by atoms with Gasteiger partial charge < -0.3 is 14.2 Å². The molecule has 0 aliphatic rings. The smallest absolute Gasteiger partial charge is 0.338 e. The molecule has 0 aromatic heterocycles. The van der Waals surface area contributed by atoms with Gasteiger partial charge in [0, 0.05) is 11.1 Å². The highest BCUT2D eigenvalue weighted by Crippen LogP contribution is 2.41. The lowest BCUT2D eigenvalue weighted by Gasteiger charge is -2.19. The average Bonchev–Trinajstić information content (AvgIpc) is 2.83. The average molecular weight is 590 g/mol. The maximum atomic E-state index is 13.5. The van der Waals surface area contributed by atoms with Crippen LogP contribution in [0.2, 0.25) is 0 Å². The summed E-state index contributed by atoms with van der Waals surface area (Å²) < 4.78 is 15.5. The van der Waals surface area contributed by atoms with Gasteiger partial charge in [-0.2, -0.15) is 0 Å². The largest absolute Gasteiger partial charge is 0.496 e. The molecule has 0 N–H and O–H groups in total. The molecule has 0 amide bonds. The fourth-order valence-corrected chi connectivity index (χ4v) is 4.37. The zero-order valence-electron chi connectivity index (χ0n) is 19.6. The molecular formula is C27H26Br2O5. The van der Waals surface area contributed by atoms with Crippen LogP contribution in [0.4, 0.5) is 0 Å². The lowest BCUT2D eigenvalue weighted by Crippen LogP contribution is -2.23. The summed E-state index contributed by atoms with van der Waals surface area (Å²) in [6.45, 7) is 6.05. The van der Waals surface area contributed by atoms with Gasteiger partial charge in [0.25, 0.3) is 0 Å². The lowest BCUT2D eigenvalue weighted by atomic mass is 9.95. The molecule has 0 aliphatic heterocycles. The summed E-state index contributed by atoms with van der Waals surface area (Å²) in [6, 6.07) is 18.0. The highest BCUT2D eigenvalue weighted by atomic mass is 79.9. The molecule has 0 atom stereocenters. The number of halogens is 2. The van der Waals surface area contributed by atoms with Crippen LogP contribution in [0.3, 0.4) is 0 Å². The Hall–Kier alpha value is -2.64. The quantitative estimate of drug-likeness (QED) is 0.157. The fraction of sp³-hybridized carbons (Fsp3) is 0.259. The van der Waals surface area contributed by atoms with Crippen LogP contribution in [-0.4, -0.2) is 26.0 Å². The van der Waals surface area contributed by atoms with Crippen LogP contribution in [0.25, 0.3) is 0 Å². The third kappa shape index (κ3) is 5.53. The van der Waals surface area contributed by atoms with Gasteiger partial charge in [-0.15, -0.1) is 0 Å². The van der Waals surface area contributed by atoms with Gasteiger partial charge in [-0.05, 0) is 48.7 Å². The van der Waals surface area contributed by atoms with Gasteiger partial charge in [0.1, 0.15) is 17.2 Å². The molecule has 5 nitrogen and oxygen atoms in total. The molecule has 0 saturated heterocycles. The van der Waals surface area contributed by atoms with Crippen LogP contribution < -0.4 is 9.47 Å². The van der Waals surface area contributed by atoms with Crippen molar-refractivity contribution in [1.82, 2.24) is 0 Å². The normalized spacial score (nSPS) is 11.3. The third-order valence-corrected chi connectivity index (χ3v) is 6.93. The highest BCUT2D eigenvalue weighted by molar-refractivity contribution is 9.25. The molecule has 0 bridgehead atoms. The molecule has 0 spiro atoms. The number of hydrogen-bond donors (Lipinski definition) is 0. The van der Waals surface area contributed by atoms with E-state index in [2.05, 4.69) is 45.7 Å². The molecule has 0 unspecified atom stereocenters. The molecule has 0 saturated carbocycles. The van der Waals surface area contributed by atoms with Crippen LogP contribution in [0.15, 0.2) is 60.7 Å². The van der Waals surface area contributed by atoms with Crippen molar-refractivity contribution in [3.63, 3.8) is 0 Å². The minimum Gasteiger partial charge on any atom is -0.496 e. The van der Waals surface area contributed by atoms with E-state index in [0.29, 0.717) is 33.9 Å². The first-order valence-corrected chi connectivity index (χ1v) is 12.2. The summed E-state index contributed by atoms with van der Waals surface area (Å²) in [7, 11) is 2.91. The van der Waals surface area contributed by atoms with Gasteiger partial charge in [-0.3, -0.25) is 4.79 Å². The van der Waals surface area contributed by atoms with Crippen LogP contribution >= 0.6 is 31.9 Å². The number of alkyl halides is 2.